The number of rotatable bonds is 3. The molecule has 0 unspecified atom stereocenters. The summed E-state index contributed by atoms with van der Waals surface area (Å²) in [6.45, 7) is 0. The van der Waals surface area contributed by atoms with E-state index in [-0.39, 0.29) is 17.8 Å². The first-order valence-electron chi connectivity index (χ1n) is 5.82. The number of ether oxygens (including phenoxy) is 1. The average molecular weight is 236 g/mol. The number of nitro groups is 1. The minimum Gasteiger partial charge on any atom is -0.484 e. The molecule has 0 atom stereocenters. The van der Waals surface area contributed by atoms with Crippen molar-refractivity contribution in [1.82, 2.24) is 0 Å². The van der Waals surface area contributed by atoms with Crippen molar-refractivity contribution in [1.29, 1.82) is 0 Å². The van der Waals surface area contributed by atoms with Crippen LogP contribution in [0.15, 0.2) is 24.3 Å². The van der Waals surface area contributed by atoms with Gasteiger partial charge in [-0.3, -0.25) is 10.1 Å². The van der Waals surface area contributed by atoms with Crippen LogP contribution in [-0.2, 0) is 0 Å². The molecule has 2 N–H and O–H groups in total. The fraction of sp³-hybridized carbons (Fsp3) is 0.500. The first-order valence-corrected chi connectivity index (χ1v) is 5.82. The maximum absolute atomic E-state index is 10.8. The lowest BCUT2D eigenvalue weighted by Crippen LogP contribution is -2.31. The van der Waals surface area contributed by atoms with E-state index in [1.54, 1.807) is 18.2 Å². The van der Waals surface area contributed by atoms with Gasteiger partial charge in [0.25, 0.3) is 0 Å². The number of hydrogen-bond donors (Lipinski definition) is 1. The highest BCUT2D eigenvalue weighted by molar-refractivity contribution is 5.45. The number of nitrogens with zero attached hydrogens (tertiary/aromatic N) is 1. The summed E-state index contributed by atoms with van der Waals surface area (Å²) >= 11 is 0. The first-order chi connectivity index (χ1) is 8.16. The van der Waals surface area contributed by atoms with Crippen molar-refractivity contribution in [2.75, 3.05) is 0 Å². The highest BCUT2D eigenvalue weighted by atomic mass is 16.6. The summed E-state index contributed by atoms with van der Waals surface area (Å²) < 4.78 is 5.70. The molecule has 5 nitrogen and oxygen atoms in total. The molecule has 2 rings (SSSR count). The van der Waals surface area contributed by atoms with Gasteiger partial charge < -0.3 is 10.5 Å². The van der Waals surface area contributed by atoms with E-state index < -0.39 is 4.92 Å². The van der Waals surface area contributed by atoms with E-state index >= 15 is 0 Å². The third-order valence-corrected chi connectivity index (χ3v) is 3.07. The molecule has 1 aliphatic carbocycles. The van der Waals surface area contributed by atoms with Crippen molar-refractivity contribution in [3.63, 3.8) is 0 Å². The van der Waals surface area contributed by atoms with Crippen molar-refractivity contribution in [2.45, 2.75) is 37.8 Å². The topological polar surface area (TPSA) is 78.4 Å². The van der Waals surface area contributed by atoms with Crippen LogP contribution in [0.4, 0.5) is 5.69 Å². The molecule has 0 amide bonds. The number of benzene rings is 1. The molecule has 92 valence electrons. The summed E-state index contributed by atoms with van der Waals surface area (Å²) in [5.41, 5.74) is 5.83. The summed E-state index contributed by atoms with van der Waals surface area (Å²) in [5, 5.41) is 10.8. The quantitative estimate of drug-likeness (QED) is 0.644. The van der Waals surface area contributed by atoms with Crippen molar-refractivity contribution in [3.8, 4) is 5.75 Å². The molecule has 17 heavy (non-hydrogen) atoms. The Morgan fingerprint density at radius 1 is 1.24 bits per heavy atom. The molecule has 1 fully saturated rings. The third-order valence-electron chi connectivity index (χ3n) is 3.07. The minimum atomic E-state index is -0.413. The van der Waals surface area contributed by atoms with Crippen LogP contribution < -0.4 is 10.5 Å². The highest BCUT2D eigenvalue weighted by Gasteiger charge is 2.22. The monoisotopic (exact) mass is 236 g/mol. The molecular weight excluding hydrogens is 220 g/mol. The van der Waals surface area contributed by atoms with Gasteiger partial charge in [0.1, 0.15) is 0 Å². The molecule has 1 saturated carbocycles. The van der Waals surface area contributed by atoms with E-state index in [1.165, 1.54) is 6.07 Å². The minimum absolute atomic E-state index is 0.0300. The molecule has 0 saturated heterocycles. The smallest absolute Gasteiger partial charge is 0.310 e. The zero-order valence-electron chi connectivity index (χ0n) is 9.54. The largest absolute Gasteiger partial charge is 0.484 e. The van der Waals surface area contributed by atoms with Crippen LogP contribution in [0.25, 0.3) is 0 Å². The Morgan fingerprint density at radius 2 is 1.88 bits per heavy atom. The van der Waals surface area contributed by atoms with Gasteiger partial charge in [0, 0.05) is 12.1 Å². The molecule has 0 aliphatic heterocycles. The zero-order valence-corrected chi connectivity index (χ0v) is 9.54. The predicted octanol–water partition coefficient (Wildman–Crippen LogP) is 2.24. The van der Waals surface area contributed by atoms with Crippen molar-refractivity contribution >= 4 is 5.69 Å². The van der Waals surface area contributed by atoms with Crippen LogP contribution in [0.3, 0.4) is 0 Å². The number of nitro benzene ring substituents is 1. The van der Waals surface area contributed by atoms with Gasteiger partial charge >= 0.3 is 5.69 Å². The van der Waals surface area contributed by atoms with Crippen molar-refractivity contribution in [3.05, 3.63) is 34.4 Å². The van der Waals surface area contributed by atoms with Crippen LogP contribution >= 0.6 is 0 Å². The fourth-order valence-electron chi connectivity index (χ4n) is 2.09. The molecule has 1 aliphatic rings. The van der Waals surface area contributed by atoms with E-state index in [2.05, 4.69) is 0 Å². The normalized spacial score (nSPS) is 24.3. The SMILES string of the molecule is NC1CCC(Oc2ccccc2[N+](=O)[O-])CC1. The van der Waals surface area contributed by atoms with Crippen LogP contribution in [0.5, 0.6) is 5.75 Å². The fourth-order valence-corrected chi connectivity index (χ4v) is 2.09. The second-order valence-corrected chi connectivity index (χ2v) is 4.38. The number of para-hydroxylation sites is 2. The third kappa shape index (κ3) is 2.94. The van der Waals surface area contributed by atoms with Crippen molar-refractivity contribution < 1.29 is 9.66 Å². The Bertz CT molecular complexity index is 400. The van der Waals surface area contributed by atoms with E-state index in [0.29, 0.717) is 5.75 Å². The van der Waals surface area contributed by atoms with Gasteiger partial charge in [-0.2, -0.15) is 0 Å². The van der Waals surface area contributed by atoms with Gasteiger partial charge in [-0.1, -0.05) is 12.1 Å². The molecule has 1 aromatic rings. The summed E-state index contributed by atoms with van der Waals surface area (Å²) in [7, 11) is 0. The van der Waals surface area contributed by atoms with Gasteiger partial charge in [-0.15, -0.1) is 0 Å². The summed E-state index contributed by atoms with van der Waals surface area (Å²) in [6.07, 6.45) is 3.63. The second-order valence-electron chi connectivity index (χ2n) is 4.38. The van der Waals surface area contributed by atoms with E-state index in [4.69, 9.17) is 10.5 Å². The first kappa shape index (κ1) is 11.9. The van der Waals surface area contributed by atoms with Crippen LogP contribution in [-0.4, -0.2) is 17.1 Å². The maximum atomic E-state index is 10.8. The summed E-state index contributed by atoms with van der Waals surface area (Å²) in [5.74, 6) is 0.359. The summed E-state index contributed by atoms with van der Waals surface area (Å²) in [4.78, 5) is 10.4. The van der Waals surface area contributed by atoms with E-state index in [1.807, 2.05) is 0 Å². The number of nitrogens with two attached hydrogens (primary N) is 1. The average Bonchev–Trinajstić information content (AvgIpc) is 2.32. The molecule has 0 bridgehead atoms. The zero-order chi connectivity index (χ0) is 12.3. The molecular formula is C12H16N2O3. The molecule has 5 heteroatoms. The van der Waals surface area contributed by atoms with E-state index in [9.17, 15) is 10.1 Å². The van der Waals surface area contributed by atoms with Gasteiger partial charge in [0.15, 0.2) is 5.75 Å². The van der Waals surface area contributed by atoms with Crippen molar-refractivity contribution in [2.24, 2.45) is 5.73 Å². The Balaban J connectivity index is 2.05. The Labute approximate surface area is 99.7 Å². The molecule has 0 spiro atoms. The van der Waals surface area contributed by atoms with Gasteiger partial charge in [0.05, 0.1) is 11.0 Å². The molecule has 0 heterocycles. The second kappa shape index (κ2) is 5.14. The maximum Gasteiger partial charge on any atom is 0.310 e. The van der Waals surface area contributed by atoms with E-state index in [0.717, 1.165) is 25.7 Å². The molecule has 0 radical (unpaired) electrons. The van der Waals surface area contributed by atoms with Crippen LogP contribution in [0, 0.1) is 10.1 Å². The Hall–Kier alpha value is -1.62. The Kier molecular flexibility index (Phi) is 3.58. The standard InChI is InChI=1S/C12H16N2O3/c13-9-5-7-10(8-6-9)17-12-4-2-1-3-11(12)14(15)16/h1-4,9-10H,5-8,13H2. The Morgan fingerprint density at radius 3 is 2.53 bits per heavy atom. The van der Waals surface area contributed by atoms with Gasteiger partial charge in [0.2, 0.25) is 0 Å². The summed E-state index contributed by atoms with van der Waals surface area (Å²) in [6, 6.07) is 6.75. The lowest BCUT2D eigenvalue weighted by Gasteiger charge is -2.26. The highest BCUT2D eigenvalue weighted by Crippen LogP contribution is 2.30. The van der Waals surface area contributed by atoms with Crippen LogP contribution in [0.2, 0.25) is 0 Å². The molecule has 1 aromatic carbocycles. The number of hydrogen-bond acceptors (Lipinski definition) is 4. The van der Waals surface area contributed by atoms with Crippen LogP contribution in [0.1, 0.15) is 25.7 Å². The van der Waals surface area contributed by atoms with Gasteiger partial charge in [-0.25, -0.2) is 0 Å². The van der Waals surface area contributed by atoms with Gasteiger partial charge in [-0.05, 0) is 31.7 Å². The predicted molar refractivity (Wildman–Crippen MR) is 64.0 cm³/mol. The lowest BCUT2D eigenvalue weighted by atomic mass is 9.94. The lowest BCUT2D eigenvalue weighted by molar-refractivity contribution is -0.386. The molecule has 0 aromatic heterocycles.